The molecule has 0 bridgehead atoms. The van der Waals surface area contributed by atoms with E-state index < -0.39 is 0 Å². The molecule has 0 heterocycles. The molecular weight excluding hydrogens is 396 g/mol. The first-order valence-corrected chi connectivity index (χ1v) is 12.3. The molecule has 0 nitrogen and oxygen atoms in total. The van der Waals surface area contributed by atoms with Crippen molar-refractivity contribution in [3.05, 3.63) is 106 Å². The zero-order valence-electron chi connectivity index (χ0n) is 21.5. The predicted octanol–water partition coefficient (Wildman–Crippen LogP) is 9.64. The lowest BCUT2D eigenvalue weighted by Crippen LogP contribution is -1.84. The SMILES string of the molecule is Cc1cc(/C=C/[CH+]c2cc(C)c3cc(C(C)C)ccc(C)c2-3)c2c(C)ccc(C(C)C)cc1-2. The summed E-state index contributed by atoms with van der Waals surface area (Å²) in [5, 5.41) is 0. The summed E-state index contributed by atoms with van der Waals surface area (Å²) in [7, 11) is 0. The molecule has 0 spiro atoms. The molecule has 0 aromatic rings. The van der Waals surface area contributed by atoms with Gasteiger partial charge in [0.1, 0.15) is 5.56 Å². The maximum Gasteiger partial charge on any atom is 0.104 e. The van der Waals surface area contributed by atoms with Gasteiger partial charge in [-0.15, -0.1) is 0 Å². The highest BCUT2D eigenvalue weighted by Crippen LogP contribution is 2.39. The average Bonchev–Trinajstić information content (AvgIpc) is 3.05. The van der Waals surface area contributed by atoms with Crippen molar-refractivity contribution in [3.63, 3.8) is 0 Å². The first-order valence-electron chi connectivity index (χ1n) is 12.3. The van der Waals surface area contributed by atoms with Crippen molar-refractivity contribution in [2.75, 3.05) is 0 Å². The van der Waals surface area contributed by atoms with Crippen molar-refractivity contribution in [1.29, 1.82) is 0 Å². The summed E-state index contributed by atoms with van der Waals surface area (Å²) in [6, 6.07) is 18.6. The molecule has 168 valence electrons. The molecule has 0 aliphatic heterocycles. The predicted molar refractivity (Wildman–Crippen MR) is 146 cm³/mol. The highest BCUT2D eigenvalue weighted by Gasteiger charge is 2.22. The topological polar surface area (TPSA) is 0 Å². The van der Waals surface area contributed by atoms with Crippen LogP contribution in [0, 0.1) is 34.1 Å². The van der Waals surface area contributed by atoms with Crippen molar-refractivity contribution in [2.24, 2.45) is 0 Å². The zero-order valence-corrected chi connectivity index (χ0v) is 21.5. The minimum Gasteiger partial charge on any atom is -0.0587 e. The van der Waals surface area contributed by atoms with Crippen LogP contribution < -0.4 is 0 Å². The van der Waals surface area contributed by atoms with Crippen molar-refractivity contribution in [2.45, 2.75) is 67.2 Å². The fraction of sp³-hybridized carbons (Fsp3) is 0.303. The minimum absolute atomic E-state index is 0.524. The summed E-state index contributed by atoms with van der Waals surface area (Å²) in [5.41, 5.74) is 16.3. The normalized spacial score (nSPS) is 12.1. The van der Waals surface area contributed by atoms with Gasteiger partial charge in [-0.05, 0) is 91.1 Å². The number of fused-ring (bicyclic) bond motifs is 2. The van der Waals surface area contributed by atoms with E-state index in [1.807, 2.05) is 0 Å². The molecule has 4 rings (SSSR count). The van der Waals surface area contributed by atoms with Crippen molar-refractivity contribution >= 4 is 6.08 Å². The Bertz CT molecular complexity index is 1270. The van der Waals surface area contributed by atoms with Gasteiger partial charge in [0.15, 0.2) is 0 Å². The first kappa shape index (κ1) is 23.2. The van der Waals surface area contributed by atoms with Crippen LogP contribution in [0.15, 0.2) is 54.6 Å². The number of rotatable bonds is 5. The molecule has 0 saturated carbocycles. The van der Waals surface area contributed by atoms with E-state index in [2.05, 4.69) is 122 Å². The van der Waals surface area contributed by atoms with Gasteiger partial charge in [0.2, 0.25) is 0 Å². The average molecular weight is 434 g/mol. The van der Waals surface area contributed by atoms with Crippen LogP contribution in [0.1, 0.15) is 84.0 Å². The Morgan fingerprint density at radius 2 is 1.12 bits per heavy atom. The van der Waals surface area contributed by atoms with Gasteiger partial charge in [0, 0.05) is 46.9 Å². The van der Waals surface area contributed by atoms with Gasteiger partial charge in [-0.2, -0.15) is 0 Å². The van der Waals surface area contributed by atoms with Crippen LogP contribution in [0.5, 0.6) is 0 Å². The van der Waals surface area contributed by atoms with E-state index in [9.17, 15) is 0 Å². The molecule has 0 atom stereocenters. The third kappa shape index (κ3) is 4.44. The van der Waals surface area contributed by atoms with E-state index in [4.69, 9.17) is 0 Å². The number of allylic oxidation sites excluding steroid dienone is 1. The number of aryl methyl sites for hydroxylation is 4. The molecule has 33 heavy (non-hydrogen) atoms. The minimum atomic E-state index is 0.524. The van der Waals surface area contributed by atoms with Crippen LogP contribution in [0.2, 0.25) is 0 Å². The van der Waals surface area contributed by atoms with Gasteiger partial charge >= 0.3 is 0 Å². The van der Waals surface area contributed by atoms with Crippen LogP contribution in [0.3, 0.4) is 0 Å². The molecule has 4 aliphatic rings. The Hall–Kier alpha value is -2.99. The molecular formula is C33H37+. The second-order valence-corrected chi connectivity index (χ2v) is 10.3. The second-order valence-electron chi connectivity index (χ2n) is 10.3. The quantitative estimate of drug-likeness (QED) is 0.275. The third-order valence-electron chi connectivity index (χ3n) is 7.06. The number of hydrogen-bond donors (Lipinski definition) is 0. The van der Waals surface area contributed by atoms with Crippen LogP contribution in [-0.4, -0.2) is 0 Å². The summed E-state index contributed by atoms with van der Waals surface area (Å²) in [5.74, 6) is 1.05. The van der Waals surface area contributed by atoms with Gasteiger partial charge in [0.05, 0.1) is 5.56 Å². The van der Waals surface area contributed by atoms with E-state index >= 15 is 0 Å². The Morgan fingerprint density at radius 1 is 0.606 bits per heavy atom. The van der Waals surface area contributed by atoms with E-state index in [1.165, 1.54) is 66.8 Å². The smallest absolute Gasteiger partial charge is 0.0587 e. The maximum atomic E-state index is 2.38. The summed E-state index contributed by atoms with van der Waals surface area (Å²) in [6.07, 6.45) is 6.79. The standard InChI is InChI=1S/C33H37/c1-20(2)26-14-12-22(5)32-28(16-24(7)30(32)18-26)10-9-11-29-17-25(8)31-19-27(21(3)4)15-13-23(6)33(29)31/h9-21H,1-8H3/q+1/b10-9+. The molecule has 0 fully saturated rings. The molecule has 0 N–H and O–H groups in total. The largest absolute Gasteiger partial charge is 0.104 e. The Kier molecular flexibility index (Phi) is 6.39. The number of hydrogen-bond acceptors (Lipinski definition) is 0. The summed E-state index contributed by atoms with van der Waals surface area (Å²) < 4.78 is 0. The van der Waals surface area contributed by atoms with Crippen LogP contribution in [0.4, 0.5) is 0 Å². The van der Waals surface area contributed by atoms with Crippen LogP contribution in [0.25, 0.3) is 28.3 Å². The summed E-state index contributed by atoms with van der Waals surface area (Å²) >= 11 is 0. The molecule has 0 aromatic carbocycles. The van der Waals surface area contributed by atoms with E-state index in [-0.39, 0.29) is 0 Å². The van der Waals surface area contributed by atoms with Crippen molar-refractivity contribution < 1.29 is 0 Å². The van der Waals surface area contributed by atoms with Crippen LogP contribution >= 0.6 is 0 Å². The third-order valence-corrected chi connectivity index (χ3v) is 7.06. The molecule has 0 radical (unpaired) electrons. The van der Waals surface area contributed by atoms with Gasteiger partial charge in [-0.1, -0.05) is 52.0 Å². The monoisotopic (exact) mass is 433 g/mol. The molecule has 0 heteroatoms. The summed E-state index contributed by atoms with van der Waals surface area (Å²) in [4.78, 5) is 0. The highest BCUT2D eigenvalue weighted by molar-refractivity contribution is 5.85. The van der Waals surface area contributed by atoms with E-state index in [0.29, 0.717) is 11.8 Å². The second kappa shape index (κ2) is 9.10. The Morgan fingerprint density at radius 3 is 1.70 bits per heavy atom. The maximum absolute atomic E-state index is 2.38. The first-order chi connectivity index (χ1) is 15.7. The fourth-order valence-corrected chi connectivity index (χ4v) is 5.00. The Balaban J connectivity index is 1.69. The highest BCUT2D eigenvalue weighted by atomic mass is 14.2. The molecule has 4 aliphatic carbocycles. The molecule has 0 amide bonds. The molecule has 0 aromatic heterocycles. The Labute approximate surface area is 201 Å². The van der Waals surface area contributed by atoms with Gasteiger partial charge in [-0.25, -0.2) is 0 Å². The lowest BCUT2D eigenvalue weighted by molar-refractivity contribution is 0.868. The van der Waals surface area contributed by atoms with Gasteiger partial charge in [-0.3, -0.25) is 0 Å². The van der Waals surface area contributed by atoms with E-state index in [1.54, 1.807) is 0 Å². The summed E-state index contributed by atoms with van der Waals surface area (Å²) in [6.45, 7) is 18.0. The van der Waals surface area contributed by atoms with Crippen LogP contribution in [-0.2, 0) is 0 Å². The zero-order chi connectivity index (χ0) is 23.9. The molecule has 0 saturated heterocycles. The van der Waals surface area contributed by atoms with Crippen molar-refractivity contribution in [3.8, 4) is 22.3 Å². The van der Waals surface area contributed by atoms with Crippen molar-refractivity contribution in [1.82, 2.24) is 0 Å². The van der Waals surface area contributed by atoms with Gasteiger partial charge in [0.25, 0.3) is 0 Å². The van der Waals surface area contributed by atoms with E-state index in [0.717, 1.165) is 0 Å². The molecule has 0 unspecified atom stereocenters. The van der Waals surface area contributed by atoms with Gasteiger partial charge < -0.3 is 0 Å². The fourth-order valence-electron chi connectivity index (χ4n) is 5.00. The lowest BCUT2D eigenvalue weighted by Gasteiger charge is -2.03. The lowest BCUT2D eigenvalue weighted by atomic mass is 9.99.